The third-order valence-electron chi connectivity index (χ3n) is 2.31. The van der Waals surface area contributed by atoms with Crippen molar-refractivity contribution in [3.63, 3.8) is 0 Å². The van der Waals surface area contributed by atoms with Crippen LogP contribution in [-0.4, -0.2) is 4.57 Å². The van der Waals surface area contributed by atoms with Gasteiger partial charge >= 0.3 is 5.76 Å². The van der Waals surface area contributed by atoms with Crippen molar-refractivity contribution in [2.24, 2.45) is 0 Å². The van der Waals surface area contributed by atoms with Gasteiger partial charge in [-0.05, 0) is 18.6 Å². The van der Waals surface area contributed by atoms with Gasteiger partial charge in [0.15, 0.2) is 5.58 Å². The molecule has 0 bridgehead atoms. The van der Waals surface area contributed by atoms with Crippen LogP contribution >= 0.6 is 0 Å². The summed E-state index contributed by atoms with van der Waals surface area (Å²) in [6, 6.07) is 7.52. The second-order valence-corrected chi connectivity index (χ2v) is 3.34. The molecule has 0 saturated carbocycles. The van der Waals surface area contributed by atoms with E-state index in [1.807, 2.05) is 24.3 Å². The van der Waals surface area contributed by atoms with Crippen LogP contribution in [0.15, 0.2) is 33.5 Å². The maximum Gasteiger partial charge on any atom is 0.419 e. The van der Waals surface area contributed by atoms with Crippen LogP contribution in [0.1, 0.15) is 19.8 Å². The molecule has 3 heteroatoms. The highest BCUT2D eigenvalue weighted by molar-refractivity contribution is 5.72. The number of oxazole rings is 1. The number of hydrogen-bond donors (Lipinski definition) is 0. The number of nitrogens with zero attached hydrogens (tertiary/aromatic N) is 1. The molecular formula is C11H13NO2. The van der Waals surface area contributed by atoms with Crippen LogP contribution in [0.4, 0.5) is 0 Å². The van der Waals surface area contributed by atoms with E-state index in [-0.39, 0.29) is 5.76 Å². The predicted molar refractivity (Wildman–Crippen MR) is 55.4 cm³/mol. The summed E-state index contributed by atoms with van der Waals surface area (Å²) in [6.45, 7) is 2.85. The van der Waals surface area contributed by atoms with Gasteiger partial charge in [0.25, 0.3) is 0 Å². The third kappa shape index (κ3) is 1.45. The SMILES string of the molecule is CCCCn1c(=O)oc2ccccc21. The largest absolute Gasteiger partial charge is 0.419 e. The number of unbranched alkanes of at least 4 members (excludes halogenated alkanes) is 1. The highest BCUT2D eigenvalue weighted by atomic mass is 16.4. The molecule has 0 aliphatic carbocycles. The summed E-state index contributed by atoms with van der Waals surface area (Å²) >= 11 is 0. The fourth-order valence-electron chi connectivity index (χ4n) is 1.54. The Labute approximate surface area is 82.0 Å². The highest BCUT2D eigenvalue weighted by Crippen LogP contribution is 2.12. The lowest BCUT2D eigenvalue weighted by molar-refractivity contribution is 0.496. The molecule has 1 aromatic heterocycles. The zero-order chi connectivity index (χ0) is 9.97. The number of fused-ring (bicyclic) bond motifs is 1. The molecule has 3 nitrogen and oxygen atoms in total. The van der Waals surface area contributed by atoms with Crippen LogP contribution in [0, 0.1) is 0 Å². The van der Waals surface area contributed by atoms with Crippen molar-refractivity contribution in [3.05, 3.63) is 34.8 Å². The van der Waals surface area contributed by atoms with Gasteiger partial charge in [-0.3, -0.25) is 4.57 Å². The molecule has 0 N–H and O–H groups in total. The Hall–Kier alpha value is -1.51. The maximum absolute atomic E-state index is 11.4. The molecule has 14 heavy (non-hydrogen) atoms. The van der Waals surface area contributed by atoms with Crippen molar-refractivity contribution >= 4 is 11.1 Å². The van der Waals surface area contributed by atoms with Crippen molar-refractivity contribution in [1.82, 2.24) is 4.57 Å². The minimum absolute atomic E-state index is 0.250. The molecule has 0 spiro atoms. The number of aromatic nitrogens is 1. The Morgan fingerprint density at radius 2 is 2.14 bits per heavy atom. The smallest absolute Gasteiger partial charge is 0.408 e. The molecule has 0 radical (unpaired) electrons. The van der Waals surface area contributed by atoms with Gasteiger partial charge in [0, 0.05) is 6.54 Å². The Morgan fingerprint density at radius 1 is 1.36 bits per heavy atom. The molecule has 0 aliphatic heterocycles. The summed E-state index contributed by atoms with van der Waals surface area (Å²) in [5, 5.41) is 0. The monoisotopic (exact) mass is 191 g/mol. The van der Waals surface area contributed by atoms with E-state index in [0.717, 1.165) is 24.9 Å². The number of aryl methyl sites for hydroxylation is 1. The molecule has 1 aromatic carbocycles. The lowest BCUT2D eigenvalue weighted by Crippen LogP contribution is -2.13. The molecule has 2 rings (SSSR count). The van der Waals surface area contributed by atoms with E-state index in [9.17, 15) is 4.79 Å². The molecule has 0 unspecified atom stereocenters. The topological polar surface area (TPSA) is 35.1 Å². The first-order valence-corrected chi connectivity index (χ1v) is 4.91. The van der Waals surface area contributed by atoms with E-state index in [0.29, 0.717) is 5.58 Å². The predicted octanol–water partition coefficient (Wildman–Crippen LogP) is 2.39. The van der Waals surface area contributed by atoms with Crippen LogP contribution in [0.2, 0.25) is 0 Å². The molecule has 1 heterocycles. The van der Waals surface area contributed by atoms with Gasteiger partial charge < -0.3 is 4.42 Å². The second kappa shape index (κ2) is 3.70. The quantitative estimate of drug-likeness (QED) is 0.746. The Kier molecular flexibility index (Phi) is 2.39. The van der Waals surface area contributed by atoms with E-state index in [1.165, 1.54) is 0 Å². The van der Waals surface area contributed by atoms with Crippen molar-refractivity contribution in [3.8, 4) is 0 Å². The molecule has 0 fully saturated rings. The van der Waals surface area contributed by atoms with E-state index < -0.39 is 0 Å². The standard InChI is InChI=1S/C11H13NO2/c1-2-3-8-12-9-6-4-5-7-10(9)14-11(12)13/h4-7H,2-3,8H2,1H3. The number of hydrogen-bond acceptors (Lipinski definition) is 2. The van der Waals surface area contributed by atoms with Crippen LogP contribution in [0.3, 0.4) is 0 Å². The lowest BCUT2D eigenvalue weighted by Gasteiger charge is -1.98. The molecule has 0 aliphatic rings. The zero-order valence-corrected chi connectivity index (χ0v) is 8.19. The van der Waals surface area contributed by atoms with Gasteiger partial charge in [-0.1, -0.05) is 25.5 Å². The summed E-state index contributed by atoms with van der Waals surface area (Å²) in [4.78, 5) is 11.4. The Bertz CT molecular complexity index is 481. The normalized spacial score (nSPS) is 10.9. The zero-order valence-electron chi connectivity index (χ0n) is 8.19. The molecule has 0 atom stereocenters. The number of benzene rings is 1. The summed E-state index contributed by atoms with van der Waals surface area (Å²) < 4.78 is 6.80. The van der Waals surface area contributed by atoms with Crippen LogP contribution < -0.4 is 5.76 Å². The maximum atomic E-state index is 11.4. The average molecular weight is 191 g/mol. The highest BCUT2D eigenvalue weighted by Gasteiger charge is 2.06. The van der Waals surface area contributed by atoms with Gasteiger partial charge in [0.2, 0.25) is 0 Å². The fourth-order valence-corrected chi connectivity index (χ4v) is 1.54. The minimum Gasteiger partial charge on any atom is -0.408 e. The molecule has 74 valence electrons. The molecule has 2 aromatic rings. The second-order valence-electron chi connectivity index (χ2n) is 3.34. The van der Waals surface area contributed by atoms with Gasteiger partial charge in [0.1, 0.15) is 0 Å². The summed E-state index contributed by atoms with van der Waals surface area (Å²) in [7, 11) is 0. The summed E-state index contributed by atoms with van der Waals surface area (Å²) in [5.41, 5.74) is 1.57. The molecular weight excluding hydrogens is 178 g/mol. The van der Waals surface area contributed by atoms with Gasteiger partial charge in [-0.15, -0.1) is 0 Å². The number of para-hydroxylation sites is 2. The lowest BCUT2D eigenvalue weighted by atomic mass is 10.3. The fraction of sp³-hybridized carbons (Fsp3) is 0.364. The van der Waals surface area contributed by atoms with Crippen LogP contribution in [0.25, 0.3) is 11.1 Å². The number of rotatable bonds is 3. The third-order valence-corrected chi connectivity index (χ3v) is 2.31. The molecule has 0 amide bonds. The van der Waals surface area contributed by atoms with Gasteiger partial charge in [0.05, 0.1) is 5.52 Å². The Morgan fingerprint density at radius 3 is 2.93 bits per heavy atom. The van der Waals surface area contributed by atoms with Crippen molar-refractivity contribution in [2.45, 2.75) is 26.3 Å². The summed E-state index contributed by atoms with van der Waals surface area (Å²) in [5.74, 6) is -0.250. The van der Waals surface area contributed by atoms with E-state index in [2.05, 4.69) is 6.92 Å². The first-order valence-electron chi connectivity index (χ1n) is 4.91. The minimum atomic E-state index is -0.250. The first-order chi connectivity index (χ1) is 6.83. The van der Waals surface area contributed by atoms with Crippen LogP contribution in [-0.2, 0) is 6.54 Å². The first kappa shape index (κ1) is 9.06. The average Bonchev–Trinajstić information content (AvgIpc) is 2.51. The molecule has 0 saturated heterocycles. The van der Waals surface area contributed by atoms with E-state index >= 15 is 0 Å². The van der Waals surface area contributed by atoms with Crippen molar-refractivity contribution < 1.29 is 4.42 Å². The van der Waals surface area contributed by atoms with Gasteiger partial charge in [-0.2, -0.15) is 0 Å². The summed E-state index contributed by atoms with van der Waals surface area (Å²) in [6.07, 6.45) is 2.08. The Balaban J connectivity index is 2.51. The van der Waals surface area contributed by atoms with E-state index in [4.69, 9.17) is 4.42 Å². The van der Waals surface area contributed by atoms with Crippen LogP contribution in [0.5, 0.6) is 0 Å². The van der Waals surface area contributed by atoms with E-state index in [1.54, 1.807) is 4.57 Å². The van der Waals surface area contributed by atoms with Crippen molar-refractivity contribution in [1.29, 1.82) is 0 Å². The van der Waals surface area contributed by atoms with Gasteiger partial charge in [-0.25, -0.2) is 4.79 Å². The van der Waals surface area contributed by atoms with Crippen molar-refractivity contribution in [2.75, 3.05) is 0 Å².